The third-order valence-corrected chi connectivity index (χ3v) is 4.28. The third kappa shape index (κ3) is 2.70. The summed E-state index contributed by atoms with van der Waals surface area (Å²) in [5.74, 6) is -3.68. The number of aliphatic hydroxyl groups is 3. The van der Waals surface area contributed by atoms with E-state index in [1.807, 2.05) is 0 Å². The Balaban J connectivity index is 2.67. The molecule has 0 spiro atoms. The lowest BCUT2D eigenvalue weighted by Crippen LogP contribution is -2.74. The van der Waals surface area contributed by atoms with Crippen molar-refractivity contribution in [2.75, 3.05) is 6.54 Å². The smallest absolute Gasteiger partial charge is 0.270 e. The molecule has 0 aromatic heterocycles. The molecule has 1 unspecified atom stereocenters. The van der Waals surface area contributed by atoms with Crippen molar-refractivity contribution < 1.29 is 25.0 Å². The lowest BCUT2D eigenvalue weighted by atomic mass is 9.79. The summed E-state index contributed by atoms with van der Waals surface area (Å²) in [5.41, 5.74) is -5.31. The molecule has 1 aliphatic rings. The fourth-order valence-electron chi connectivity index (χ4n) is 2.64. The molecule has 1 aliphatic heterocycles. The zero-order valence-electron chi connectivity index (χ0n) is 14.3. The topological polar surface area (TPSA) is 176 Å². The first kappa shape index (κ1) is 19.4. The van der Waals surface area contributed by atoms with Crippen molar-refractivity contribution >= 4 is 11.6 Å². The number of hydrogen-bond acceptors (Lipinski definition) is 8. The number of guanidine groups is 1. The first-order chi connectivity index (χ1) is 11.9. The van der Waals surface area contributed by atoms with Crippen LogP contribution >= 0.6 is 0 Å². The zero-order valence-corrected chi connectivity index (χ0v) is 14.3. The second kappa shape index (κ2) is 6.10. The van der Waals surface area contributed by atoms with Crippen LogP contribution < -0.4 is 10.1 Å². The summed E-state index contributed by atoms with van der Waals surface area (Å²) in [7, 11) is 0. The van der Waals surface area contributed by atoms with Gasteiger partial charge in [-0.05, 0) is 26.8 Å². The SMILES string of the molecule is CCN(C#N)C(=N)NC1(O)c2cc([N+](=O)[O-])ccc2OC(C)(C)C1(O)O. The Morgan fingerprint density at radius 1 is 1.46 bits per heavy atom. The molecule has 5 N–H and O–H groups in total. The van der Waals surface area contributed by atoms with Crippen molar-refractivity contribution in [3.05, 3.63) is 33.9 Å². The lowest BCUT2D eigenvalue weighted by molar-refractivity contribution is -0.385. The molecule has 0 fully saturated rings. The number of nitrogens with zero attached hydrogens (tertiary/aromatic N) is 3. The van der Waals surface area contributed by atoms with E-state index in [2.05, 4.69) is 5.32 Å². The maximum absolute atomic E-state index is 11.1. The molecule has 0 amide bonds. The molecule has 0 radical (unpaired) electrons. The number of nitro benzene ring substituents is 1. The highest BCUT2D eigenvalue weighted by molar-refractivity contribution is 5.79. The Hall–Kier alpha value is -2.94. The number of non-ortho nitro benzene ring substituents is 1. The van der Waals surface area contributed by atoms with Gasteiger partial charge in [0.25, 0.3) is 11.5 Å². The molecule has 11 heteroatoms. The van der Waals surface area contributed by atoms with Crippen LogP contribution in [0.3, 0.4) is 0 Å². The molecule has 0 saturated heterocycles. The highest BCUT2D eigenvalue weighted by atomic mass is 16.6. The van der Waals surface area contributed by atoms with E-state index in [4.69, 9.17) is 15.4 Å². The normalized spacial score (nSPS) is 22.3. The van der Waals surface area contributed by atoms with E-state index in [1.54, 1.807) is 13.1 Å². The predicted molar refractivity (Wildman–Crippen MR) is 87.7 cm³/mol. The monoisotopic (exact) mass is 365 g/mol. The van der Waals surface area contributed by atoms with Gasteiger partial charge in [-0.3, -0.25) is 15.5 Å². The molecule has 1 aromatic carbocycles. The number of hydrogen-bond donors (Lipinski definition) is 5. The van der Waals surface area contributed by atoms with Gasteiger partial charge in [0.2, 0.25) is 11.7 Å². The average Bonchev–Trinajstić information content (AvgIpc) is 2.54. The number of rotatable bonds is 3. The van der Waals surface area contributed by atoms with E-state index < -0.39 is 33.7 Å². The van der Waals surface area contributed by atoms with E-state index >= 15 is 0 Å². The average molecular weight is 365 g/mol. The Labute approximate surface area is 148 Å². The van der Waals surface area contributed by atoms with E-state index in [9.17, 15) is 25.4 Å². The van der Waals surface area contributed by atoms with Gasteiger partial charge in [-0.2, -0.15) is 5.26 Å². The Bertz CT molecular complexity index is 802. The number of nitrogens with one attached hydrogen (secondary N) is 2. The molecule has 0 saturated carbocycles. The minimum Gasteiger partial charge on any atom is -0.482 e. The van der Waals surface area contributed by atoms with Crippen LogP contribution in [0.25, 0.3) is 0 Å². The standard InChI is InChI=1S/C15H19N5O6/c1-4-19(8-16)12(17)18-14(21)10-7-9(20(24)25)5-6-11(10)26-13(2,3)15(14,22)23/h5-7,21-23H,4H2,1-3H3,(H2,17,18). The van der Waals surface area contributed by atoms with Gasteiger partial charge in [0.15, 0.2) is 11.8 Å². The highest BCUT2D eigenvalue weighted by Crippen LogP contribution is 2.48. The molecule has 2 rings (SSSR count). The summed E-state index contributed by atoms with van der Waals surface area (Å²) in [6.45, 7) is 4.22. The number of benzene rings is 1. The molecular weight excluding hydrogens is 346 g/mol. The zero-order chi connectivity index (χ0) is 19.9. The Kier molecular flexibility index (Phi) is 4.55. The molecule has 1 aromatic rings. The number of fused-ring (bicyclic) bond motifs is 1. The largest absolute Gasteiger partial charge is 0.482 e. The van der Waals surface area contributed by atoms with Crippen LogP contribution in [0.5, 0.6) is 5.75 Å². The molecule has 11 nitrogen and oxygen atoms in total. The van der Waals surface area contributed by atoms with Gasteiger partial charge in [-0.15, -0.1) is 0 Å². The van der Waals surface area contributed by atoms with Gasteiger partial charge in [0, 0.05) is 18.7 Å². The summed E-state index contributed by atoms with van der Waals surface area (Å²) >= 11 is 0. The van der Waals surface area contributed by atoms with Gasteiger partial charge in [0.1, 0.15) is 5.75 Å². The minimum atomic E-state index is -3.01. The molecule has 1 atom stereocenters. The summed E-state index contributed by atoms with van der Waals surface area (Å²) in [6, 6.07) is 3.26. The molecule has 1 heterocycles. The summed E-state index contributed by atoms with van der Waals surface area (Å²) in [6.07, 6.45) is 1.69. The second-order valence-electron chi connectivity index (χ2n) is 6.25. The van der Waals surface area contributed by atoms with Gasteiger partial charge in [-0.1, -0.05) is 0 Å². The van der Waals surface area contributed by atoms with Gasteiger partial charge in [0.05, 0.1) is 10.5 Å². The van der Waals surface area contributed by atoms with Crippen molar-refractivity contribution in [3.8, 4) is 11.9 Å². The molecule has 26 heavy (non-hydrogen) atoms. The van der Waals surface area contributed by atoms with E-state index in [0.29, 0.717) is 0 Å². The van der Waals surface area contributed by atoms with E-state index in [0.717, 1.165) is 17.0 Å². The van der Waals surface area contributed by atoms with Crippen LogP contribution in [-0.4, -0.2) is 49.0 Å². The predicted octanol–water partition coefficient (Wildman–Crippen LogP) is -0.0809. The van der Waals surface area contributed by atoms with Crippen LogP contribution in [0, 0.1) is 27.0 Å². The molecule has 140 valence electrons. The van der Waals surface area contributed by atoms with Crippen LogP contribution in [0.2, 0.25) is 0 Å². The van der Waals surface area contributed by atoms with Crippen LogP contribution in [0.1, 0.15) is 26.3 Å². The molecule has 0 aliphatic carbocycles. The first-order valence-corrected chi connectivity index (χ1v) is 7.60. The maximum atomic E-state index is 11.1. The first-order valence-electron chi connectivity index (χ1n) is 7.60. The van der Waals surface area contributed by atoms with Crippen molar-refractivity contribution in [3.63, 3.8) is 0 Å². The van der Waals surface area contributed by atoms with Gasteiger partial charge in [-0.25, -0.2) is 4.90 Å². The second-order valence-corrected chi connectivity index (χ2v) is 6.25. The quantitative estimate of drug-likeness (QED) is 0.0932. The highest BCUT2D eigenvalue weighted by Gasteiger charge is 2.65. The van der Waals surface area contributed by atoms with Crippen LogP contribution in [-0.2, 0) is 5.72 Å². The van der Waals surface area contributed by atoms with E-state index in [1.165, 1.54) is 19.9 Å². The number of ether oxygens (including phenoxy) is 1. The summed E-state index contributed by atoms with van der Waals surface area (Å²) < 4.78 is 5.49. The van der Waals surface area contributed by atoms with E-state index in [-0.39, 0.29) is 17.9 Å². The van der Waals surface area contributed by atoms with Crippen molar-refractivity contribution in [1.29, 1.82) is 10.7 Å². The molecule has 0 bridgehead atoms. The van der Waals surface area contributed by atoms with Gasteiger partial charge >= 0.3 is 0 Å². The number of nitriles is 1. The summed E-state index contributed by atoms with van der Waals surface area (Å²) in [5, 5.41) is 62.6. The van der Waals surface area contributed by atoms with Gasteiger partial charge < -0.3 is 25.4 Å². The van der Waals surface area contributed by atoms with Crippen molar-refractivity contribution in [2.45, 2.75) is 37.9 Å². The van der Waals surface area contributed by atoms with Crippen LogP contribution in [0.4, 0.5) is 5.69 Å². The maximum Gasteiger partial charge on any atom is 0.270 e. The lowest BCUT2D eigenvalue weighted by Gasteiger charge is -2.52. The van der Waals surface area contributed by atoms with Crippen LogP contribution in [0.15, 0.2) is 18.2 Å². The Morgan fingerprint density at radius 3 is 2.58 bits per heavy atom. The Morgan fingerprint density at radius 2 is 2.08 bits per heavy atom. The fourth-order valence-corrected chi connectivity index (χ4v) is 2.64. The third-order valence-electron chi connectivity index (χ3n) is 4.28. The van der Waals surface area contributed by atoms with Crippen molar-refractivity contribution in [2.24, 2.45) is 0 Å². The van der Waals surface area contributed by atoms with Crippen molar-refractivity contribution in [1.82, 2.24) is 10.2 Å². The molecular formula is C15H19N5O6. The summed E-state index contributed by atoms with van der Waals surface area (Å²) in [4.78, 5) is 11.2. The number of nitro groups is 1. The fraction of sp³-hybridized carbons (Fsp3) is 0.467. The minimum absolute atomic E-state index is 0.0397.